The Kier molecular flexibility index (Phi) is 6.95. The highest BCUT2D eigenvalue weighted by Crippen LogP contribution is 2.20. The predicted octanol–water partition coefficient (Wildman–Crippen LogP) is 1.32. The molecule has 0 aromatic rings. The molecule has 6 heteroatoms. The van der Waals surface area contributed by atoms with Gasteiger partial charge in [-0.3, -0.25) is 4.79 Å². The van der Waals surface area contributed by atoms with Crippen molar-refractivity contribution < 1.29 is 13.2 Å². The number of nitrogens with zero attached hydrogens (tertiary/aromatic N) is 1. The number of amides is 1. The first-order valence-electron chi connectivity index (χ1n) is 7.61. The molecule has 1 aliphatic heterocycles. The molecule has 1 rings (SSSR count). The molecule has 1 fully saturated rings. The van der Waals surface area contributed by atoms with Crippen molar-refractivity contribution in [1.29, 1.82) is 0 Å². The van der Waals surface area contributed by atoms with Crippen molar-refractivity contribution in [3.05, 3.63) is 0 Å². The molecular weight excluding hydrogens is 276 g/mol. The number of sulfone groups is 1. The van der Waals surface area contributed by atoms with Gasteiger partial charge in [-0.2, -0.15) is 0 Å². The van der Waals surface area contributed by atoms with Gasteiger partial charge in [-0.05, 0) is 32.6 Å². The summed E-state index contributed by atoms with van der Waals surface area (Å²) in [5.74, 6) is 0.435. The van der Waals surface area contributed by atoms with E-state index in [1.807, 2.05) is 6.92 Å². The van der Waals surface area contributed by atoms with Crippen LogP contribution >= 0.6 is 0 Å². The molecule has 2 atom stereocenters. The molecule has 1 heterocycles. The Morgan fingerprint density at radius 3 is 2.60 bits per heavy atom. The van der Waals surface area contributed by atoms with Gasteiger partial charge in [0.2, 0.25) is 5.91 Å². The van der Waals surface area contributed by atoms with E-state index < -0.39 is 9.84 Å². The lowest BCUT2D eigenvalue weighted by Gasteiger charge is -2.28. The SMILES string of the molecule is CCCCN(C(=O)CCCC(C)N)C1CCS(=O)(=O)C1. The Bertz CT molecular complexity index is 407. The summed E-state index contributed by atoms with van der Waals surface area (Å²) in [4.78, 5) is 14.1. The first kappa shape index (κ1) is 17.4. The number of rotatable bonds is 8. The van der Waals surface area contributed by atoms with Crippen LogP contribution in [0.2, 0.25) is 0 Å². The zero-order valence-electron chi connectivity index (χ0n) is 12.7. The highest BCUT2D eigenvalue weighted by molar-refractivity contribution is 7.91. The predicted molar refractivity (Wildman–Crippen MR) is 81.2 cm³/mol. The number of unbranched alkanes of at least 4 members (excludes halogenated alkanes) is 1. The summed E-state index contributed by atoms with van der Waals surface area (Å²) in [6.07, 6.45) is 4.60. The zero-order valence-corrected chi connectivity index (χ0v) is 13.5. The van der Waals surface area contributed by atoms with Gasteiger partial charge in [0, 0.05) is 25.0 Å². The topological polar surface area (TPSA) is 80.5 Å². The number of nitrogens with two attached hydrogens (primary N) is 1. The maximum atomic E-state index is 12.3. The minimum absolute atomic E-state index is 0.0844. The zero-order chi connectivity index (χ0) is 15.2. The highest BCUT2D eigenvalue weighted by atomic mass is 32.2. The van der Waals surface area contributed by atoms with E-state index in [4.69, 9.17) is 5.73 Å². The Labute approximate surface area is 122 Å². The van der Waals surface area contributed by atoms with Gasteiger partial charge in [-0.25, -0.2) is 8.42 Å². The van der Waals surface area contributed by atoms with E-state index in [0.29, 0.717) is 19.4 Å². The third-order valence-corrected chi connectivity index (χ3v) is 5.52. The van der Waals surface area contributed by atoms with E-state index >= 15 is 0 Å². The average molecular weight is 304 g/mol. The Balaban J connectivity index is 2.57. The van der Waals surface area contributed by atoms with Crippen molar-refractivity contribution in [3.8, 4) is 0 Å². The van der Waals surface area contributed by atoms with Crippen LogP contribution in [0.15, 0.2) is 0 Å². The summed E-state index contributed by atoms with van der Waals surface area (Å²) in [5.41, 5.74) is 5.69. The summed E-state index contributed by atoms with van der Waals surface area (Å²) in [6, 6.07) is -0.00639. The second-order valence-electron chi connectivity index (χ2n) is 5.87. The van der Waals surface area contributed by atoms with Crippen LogP contribution in [0, 0.1) is 0 Å². The van der Waals surface area contributed by atoms with Crippen LogP contribution in [0.5, 0.6) is 0 Å². The molecule has 20 heavy (non-hydrogen) atoms. The molecule has 1 saturated heterocycles. The van der Waals surface area contributed by atoms with Crippen molar-refractivity contribution in [2.24, 2.45) is 5.73 Å². The molecule has 2 N–H and O–H groups in total. The highest BCUT2D eigenvalue weighted by Gasteiger charge is 2.33. The quantitative estimate of drug-likeness (QED) is 0.733. The first-order chi connectivity index (χ1) is 9.35. The van der Waals surface area contributed by atoms with E-state index in [1.165, 1.54) is 0 Å². The Hall–Kier alpha value is -0.620. The molecule has 5 nitrogen and oxygen atoms in total. The van der Waals surface area contributed by atoms with Gasteiger partial charge in [0.15, 0.2) is 9.84 Å². The van der Waals surface area contributed by atoms with Crippen LogP contribution in [0.1, 0.15) is 52.4 Å². The third kappa shape index (κ3) is 5.79. The first-order valence-corrected chi connectivity index (χ1v) is 9.43. The van der Waals surface area contributed by atoms with Crippen molar-refractivity contribution >= 4 is 15.7 Å². The van der Waals surface area contributed by atoms with Crippen molar-refractivity contribution in [3.63, 3.8) is 0 Å². The molecule has 0 saturated carbocycles. The number of carbonyl (C=O) groups excluding carboxylic acids is 1. The molecule has 1 aliphatic rings. The van der Waals surface area contributed by atoms with Gasteiger partial charge in [0.25, 0.3) is 0 Å². The van der Waals surface area contributed by atoms with Crippen molar-refractivity contribution in [1.82, 2.24) is 4.90 Å². The van der Waals surface area contributed by atoms with Crippen LogP contribution in [-0.2, 0) is 14.6 Å². The van der Waals surface area contributed by atoms with E-state index in [9.17, 15) is 13.2 Å². The third-order valence-electron chi connectivity index (χ3n) is 3.77. The average Bonchev–Trinajstić information content (AvgIpc) is 2.69. The van der Waals surface area contributed by atoms with E-state index in [2.05, 4.69) is 6.92 Å². The van der Waals surface area contributed by atoms with Gasteiger partial charge in [-0.1, -0.05) is 13.3 Å². The maximum Gasteiger partial charge on any atom is 0.222 e. The van der Waals surface area contributed by atoms with Crippen molar-refractivity contribution in [2.45, 2.75) is 64.5 Å². The van der Waals surface area contributed by atoms with E-state index in [0.717, 1.165) is 25.7 Å². The summed E-state index contributed by atoms with van der Waals surface area (Å²) in [5, 5.41) is 0. The fraction of sp³-hybridized carbons (Fsp3) is 0.929. The fourth-order valence-electron chi connectivity index (χ4n) is 2.58. The summed E-state index contributed by atoms with van der Waals surface area (Å²) < 4.78 is 23.2. The second-order valence-corrected chi connectivity index (χ2v) is 8.10. The fourth-order valence-corrected chi connectivity index (χ4v) is 4.31. The van der Waals surface area contributed by atoms with Crippen LogP contribution in [0.3, 0.4) is 0 Å². The Morgan fingerprint density at radius 1 is 1.40 bits per heavy atom. The van der Waals surface area contributed by atoms with Gasteiger partial charge < -0.3 is 10.6 Å². The molecule has 1 amide bonds. The molecule has 2 unspecified atom stereocenters. The molecule has 0 aromatic heterocycles. The summed E-state index contributed by atoms with van der Waals surface area (Å²) in [6.45, 7) is 4.68. The van der Waals surface area contributed by atoms with Gasteiger partial charge in [0.1, 0.15) is 0 Å². The number of carbonyl (C=O) groups is 1. The Morgan fingerprint density at radius 2 is 2.10 bits per heavy atom. The standard InChI is InChI=1S/C14H28N2O3S/c1-3-4-9-16(13-8-10-20(18,19)11-13)14(17)7-5-6-12(2)15/h12-13H,3-11,15H2,1-2H3. The van der Waals surface area contributed by atoms with Gasteiger partial charge >= 0.3 is 0 Å². The molecule has 0 aliphatic carbocycles. The lowest BCUT2D eigenvalue weighted by Crippen LogP contribution is -2.41. The molecule has 0 bridgehead atoms. The molecule has 118 valence electrons. The van der Waals surface area contributed by atoms with Crippen LogP contribution in [0.25, 0.3) is 0 Å². The molecule has 0 radical (unpaired) electrons. The van der Waals surface area contributed by atoms with Crippen LogP contribution in [-0.4, -0.2) is 49.4 Å². The lowest BCUT2D eigenvalue weighted by atomic mass is 10.1. The van der Waals surface area contributed by atoms with E-state index in [1.54, 1.807) is 4.90 Å². The maximum absolute atomic E-state index is 12.3. The second kappa shape index (κ2) is 7.98. The van der Waals surface area contributed by atoms with E-state index in [-0.39, 0.29) is 29.5 Å². The number of hydrogen-bond donors (Lipinski definition) is 1. The monoisotopic (exact) mass is 304 g/mol. The lowest BCUT2D eigenvalue weighted by molar-refractivity contribution is -0.133. The minimum Gasteiger partial charge on any atom is -0.339 e. The molecular formula is C14H28N2O3S. The van der Waals surface area contributed by atoms with Crippen LogP contribution < -0.4 is 5.73 Å². The van der Waals surface area contributed by atoms with Gasteiger partial charge in [0.05, 0.1) is 11.5 Å². The van der Waals surface area contributed by atoms with Crippen molar-refractivity contribution in [2.75, 3.05) is 18.1 Å². The molecule has 0 spiro atoms. The molecule has 0 aromatic carbocycles. The summed E-state index contributed by atoms with van der Waals surface area (Å²) in [7, 11) is -2.95. The largest absolute Gasteiger partial charge is 0.339 e. The smallest absolute Gasteiger partial charge is 0.222 e. The number of hydrogen-bond acceptors (Lipinski definition) is 4. The van der Waals surface area contributed by atoms with Crippen LogP contribution in [0.4, 0.5) is 0 Å². The van der Waals surface area contributed by atoms with Gasteiger partial charge in [-0.15, -0.1) is 0 Å². The normalized spacial score (nSPS) is 22.6. The summed E-state index contributed by atoms with van der Waals surface area (Å²) >= 11 is 0. The minimum atomic E-state index is -2.95.